The molecule has 1 rings (SSSR count). The molecule has 0 aliphatic rings. The van der Waals surface area contributed by atoms with Crippen LogP contribution in [-0.2, 0) is 16.8 Å². The zero-order valence-corrected chi connectivity index (χ0v) is 15.5. The summed E-state index contributed by atoms with van der Waals surface area (Å²) in [4.78, 5) is 0. The molecule has 0 aliphatic heterocycles. The maximum Gasteiger partial charge on any atom is 0.379 e. The summed E-state index contributed by atoms with van der Waals surface area (Å²) in [6, 6.07) is 0. The molecule has 5 nitrogen and oxygen atoms in total. The van der Waals surface area contributed by atoms with Gasteiger partial charge in [-0.15, -0.1) is 3.97 Å². The van der Waals surface area contributed by atoms with Crippen molar-refractivity contribution in [2.75, 3.05) is 14.1 Å². The normalized spacial score (nSPS) is 11.5. The van der Waals surface area contributed by atoms with Crippen molar-refractivity contribution < 1.29 is 13.0 Å². The van der Waals surface area contributed by atoms with Gasteiger partial charge in [-0.05, 0) is 6.42 Å². The topological polar surface area (TPSA) is 46.2 Å². The van der Waals surface area contributed by atoms with Crippen LogP contribution in [0.2, 0.25) is 0 Å². The van der Waals surface area contributed by atoms with Gasteiger partial charge in [0.1, 0.15) is 12.4 Å². The van der Waals surface area contributed by atoms with Crippen molar-refractivity contribution in [3.8, 4) is 11.8 Å². The fourth-order valence-corrected chi connectivity index (χ4v) is 3.02. The lowest BCUT2D eigenvalue weighted by Crippen LogP contribution is -2.33. The van der Waals surface area contributed by atoms with Crippen molar-refractivity contribution in [2.24, 2.45) is 0 Å². The Labute approximate surface area is 141 Å². The van der Waals surface area contributed by atoms with Gasteiger partial charge < -0.3 is 0 Å². The van der Waals surface area contributed by atoms with Gasteiger partial charge in [0.15, 0.2) is 6.54 Å². The van der Waals surface area contributed by atoms with Gasteiger partial charge in [-0.1, -0.05) is 57.3 Å². The maximum atomic E-state index is 11.9. The molecular formula is C17H30N3O2S+. The van der Waals surface area contributed by atoms with E-state index in [1.54, 1.807) is 17.1 Å². The van der Waals surface area contributed by atoms with Crippen LogP contribution in [0.4, 0.5) is 0 Å². The van der Waals surface area contributed by atoms with Crippen LogP contribution in [0.5, 0.6) is 0 Å². The van der Waals surface area contributed by atoms with Crippen molar-refractivity contribution in [2.45, 2.75) is 64.8 Å². The van der Waals surface area contributed by atoms with Gasteiger partial charge in [0.2, 0.25) is 0 Å². The van der Waals surface area contributed by atoms with Gasteiger partial charge in [0, 0.05) is 20.5 Å². The number of aromatic nitrogens is 2. The van der Waals surface area contributed by atoms with E-state index >= 15 is 0 Å². The molecule has 0 unspecified atom stereocenters. The Morgan fingerprint density at radius 3 is 2.35 bits per heavy atom. The lowest BCUT2D eigenvalue weighted by molar-refractivity contribution is -0.683. The maximum absolute atomic E-state index is 11.9. The fraction of sp³-hybridized carbons (Fsp3) is 0.706. The second-order valence-electron chi connectivity index (χ2n) is 5.93. The van der Waals surface area contributed by atoms with Crippen LogP contribution in [0, 0.1) is 11.8 Å². The third-order valence-corrected chi connectivity index (χ3v) is 5.36. The molecule has 0 aromatic carbocycles. The first-order valence-electron chi connectivity index (χ1n) is 8.44. The van der Waals surface area contributed by atoms with E-state index in [4.69, 9.17) is 0 Å². The predicted octanol–water partition coefficient (Wildman–Crippen LogP) is 2.57. The summed E-state index contributed by atoms with van der Waals surface area (Å²) in [5.41, 5.74) is 0. The zero-order valence-electron chi connectivity index (χ0n) is 14.7. The van der Waals surface area contributed by atoms with Crippen molar-refractivity contribution in [1.29, 1.82) is 0 Å². The summed E-state index contributed by atoms with van der Waals surface area (Å²) in [7, 11) is -0.396. The molecule has 0 aliphatic carbocycles. The number of hydrogen-bond acceptors (Lipinski definition) is 2. The minimum absolute atomic E-state index is 0.520. The highest BCUT2D eigenvalue weighted by atomic mass is 32.2. The van der Waals surface area contributed by atoms with Gasteiger partial charge in [-0.25, -0.2) is 4.57 Å². The van der Waals surface area contributed by atoms with Gasteiger partial charge in [0.05, 0.1) is 0 Å². The van der Waals surface area contributed by atoms with Crippen LogP contribution in [0.1, 0.15) is 58.3 Å². The Morgan fingerprint density at radius 2 is 1.70 bits per heavy atom. The van der Waals surface area contributed by atoms with Gasteiger partial charge in [-0.2, -0.15) is 12.7 Å². The molecule has 1 aromatic heterocycles. The highest BCUT2D eigenvalue weighted by Gasteiger charge is 2.22. The number of hydrogen-bond donors (Lipinski definition) is 0. The number of unbranched alkanes of at least 4 members (excludes halogenated alkanes) is 7. The van der Waals surface area contributed by atoms with E-state index < -0.39 is 10.2 Å². The summed E-state index contributed by atoms with van der Waals surface area (Å²) < 4.78 is 28.0. The quantitative estimate of drug-likeness (QED) is 0.373. The van der Waals surface area contributed by atoms with E-state index in [0.717, 1.165) is 12.8 Å². The SMILES string of the molecule is CCCCCCCCCC#CC[n+]1ccn(S(=O)(=O)N(C)C)c1. The lowest BCUT2D eigenvalue weighted by Gasteiger charge is -2.05. The molecule has 6 heteroatoms. The number of imidazole rings is 1. The van der Waals surface area contributed by atoms with Crippen molar-refractivity contribution >= 4 is 10.2 Å². The van der Waals surface area contributed by atoms with E-state index in [-0.39, 0.29) is 0 Å². The summed E-state index contributed by atoms with van der Waals surface area (Å²) >= 11 is 0. The highest BCUT2D eigenvalue weighted by Crippen LogP contribution is 2.07. The Bertz CT molecular complexity index is 609. The molecule has 0 fully saturated rings. The summed E-state index contributed by atoms with van der Waals surface area (Å²) in [5, 5.41) is 0. The second kappa shape index (κ2) is 10.5. The summed E-state index contributed by atoms with van der Waals surface area (Å²) in [6.07, 6.45) is 14.8. The van der Waals surface area contributed by atoms with E-state index in [0.29, 0.717) is 6.54 Å². The number of rotatable bonds is 10. The first-order valence-corrected chi connectivity index (χ1v) is 9.84. The molecule has 0 N–H and O–H groups in total. The Hall–Kier alpha value is -1.32. The van der Waals surface area contributed by atoms with Crippen LogP contribution in [0.25, 0.3) is 0 Å². The summed E-state index contributed by atoms with van der Waals surface area (Å²) in [6.45, 7) is 2.75. The van der Waals surface area contributed by atoms with Crippen molar-refractivity contribution in [1.82, 2.24) is 8.28 Å². The van der Waals surface area contributed by atoms with E-state index in [2.05, 4.69) is 18.8 Å². The molecule has 23 heavy (non-hydrogen) atoms. The molecule has 0 amide bonds. The standard InChI is InChI=1S/C17H30N3O2S/c1-4-5-6-7-8-9-10-11-12-13-14-19-15-16-20(17-19)23(21,22)18(2)3/h15-17H,4-11,14H2,1-3H3/q+1. The molecular weight excluding hydrogens is 310 g/mol. The molecule has 1 aromatic rings. The average molecular weight is 341 g/mol. The molecule has 130 valence electrons. The first-order chi connectivity index (χ1) is 11.0. The van der Waals surface area contributed by atoms with Crippen LogP contribution >= 0.6 is 0 Å². The van der Waals surface area contributed by atoms with E-state index in [1.165, 1.54) is 67.1 Å². The van der Waals surface area contributed by atoms with Crippen LogP contribution in [-0.4, -0.2) is 30.8 Å². The molecule has 0 atom stereocenters. The highest BCUT2D eigenvalue weighted by molar-refractivity contribution is 7.87. The van der Waals surface area contributed by atoms with Gasteiger partial charge >= 0.3 is 10.2 Å². The fourth-order valence-electron chi connectivity index (χ4n) is 2.20. The Kier molecular flexibility index (Phi) is 8.97. The molecule has 0 saturated carbocycles. The largest absolute Gasteiger partial charge is 0.379 e. The average Bonchev–Trinajstić information content (AvgIpc) is 2.98. The molecule has 0 spiro atoms. The van der Waals surface area contributed by atoms with E-state index in [9.17, 15) is 8.42 Å². The molecule has 0 radical (unpaired) electrons. The van der Waals surface area contributed by atoms with Crippen molar-refractivity contribution in [3.63, 3.8) is 0 Å². The molecule has 0 saturated heterocycles. The second-order valence-corrected chi connectivity index (χ2v) is 7.98. The lowest BCUT2D eigenvalue weighted by atomic mass is 10.1. The minimum Gasteiger partial charge on any atom is -0.225 e. The Balaban J connectivity index is 2.26. The summed E-state index contributed by atoms with van der Waals surface area (Å²) in [5.74, 6) is 6.26. The molecule has 0 bridgehead atoms. The van der Waals surface area contributed by atoms with E-state index in [1.807, 2.05) is 0 Å². The minimum atomic E-state index is -3.43. The monoisotopic (exact) mass is 340 g/mol. The third kappa shape index (κ3) is 7.19. The number of nitrogens with zero attached hydrogens (tertiary/aromatic N) is 3. The smallest absolute Gasteiger partial charge is 0.225 e. The first kappa shape index (κ1) is 19.7. The van der Waals surface area contributed by atoms with Crippen molar-refractivity contribution in [3.05, 3.63) is 18.7 Å². The third-order valence-electron chi connectivity index (χ3n) is 3.69. The van der Waals surface area contributed by atoms with Gasteiger partial charge in [0.25, 0.3) is 6.33 Å². The predicted molar refractivity (Wildman–Crippen MR) is 93.0 cm³/mol. The Morgan fingerprint density at radius 1 is 1.04 bits per heavy atom. The molecule has 1 heterocycles. The zero-order chi connectivity index (χ0) is 17.1. The van der Waals surface area contributed by atoms with Crippen LogP contribution in [0.3, 0.4) is 0 Å². The van der Waals surface area contributed by atoms with Gasteiger partial charge in [-0.3, -0.25) is 0 Å². The van der Waals surface area contributed by atoms with Crippen LogP contribution < -0.4 is 4.57 Å². The van der Waals surface area contributed by atoms with Crippen LogP contribution in [0.15, 0.2) is 18.7 Å².